The standard InChI is InChI=1S/C9H17NO2/c1-5-4-6(2)10-7(3)8(5)9(11)12/h5-8,10H,4H2,1-3H3,(H,11,12). The summed E-state index contributed by atoms with van der Waals surface area (Å²) in [5.41, 5.74) is 0. The molecule has 0 aromatic rings. The minimum atomic E-state index is -0.891. The number of hydrogen-bond acceptors (Lipinski definition) is 2. The van der Waals surface area contributed by atoms with Crippen LogP contribution in [0.15, 0.2) is 0 Å². The topological polar surface area (TPSA) is 56.7 Å². The third-order valence-corrected chi connectivity index (χ3v) is 2.83. The normalized spacial score (nSPS) is 42.6. The molecule has 0 saturated carbocycles. The number of carboxylic acids is 1. The largest absolute Gasteiger partial charge is 0.550 e. The third-order valence-electron chi connectivity index (χ3n) is 2.83. The molecular formula is C9H17NO2. The molecule has 1 saturated heterocycles. The molecule has 0 aromatic carbocycles. The fourth-order valence-corrected chi connectivity index (χ4v) is 2.41. The molecule has 1 fully saturated rings. The summed E-state index contributed by atoms with van der Waals surface area (Å²) in [4.78, 5) is 10.8. The fraction of sp³-hybridized carbons (Fsp3) is 0.889. The molecule has 12 heavy (non-hydrogen) atoms. The van der Waals surface area contributed by atoms with E-state index < -0.39 is 5.97 Å². The molecule has 0 aliphatic carbocycles. The van der Waals surface area contributed by atoms with Crippen molar-refractivity contribution in [3.63, 3.8) is 0 Å². The van der Waals surface area contributed by atoms with Gasteiger partial charge in [0.2, 0.25) is 0 Å². The summed E-state index contributed by atoms with van der Waals surface area (Å²) in [7, 11) is 0. The van der Waals surface area contributed by atoms with E-state index in [-0.39, 0.29) is 17.9 Å². The number of carbonyl (C=O) groups is 1. The van der Waals surface area contributed by atoms with Crippen molar-refractivity contribution in [2.24, 2.45) is 11.8 Å². The molecule has 0 spiro atoms. The smallest absolute Gasteiger partial charge is 0.0916 e. The van der Waals surface area contributed by atoms with Crippen LogP contribution >= 0.6 is 0 Å². The summed E-state index contributed by atoms with van der Waals surface area (Å²) in [6, 6.07) is 0.708. The molecule has 3 heteroatoms. The minimum Gasteiger partial charge on any atom is -0.550 e. The number of quaternary nitrogens is 1. The summed E-state index contributed by atoms with van der Waals surface area (Å²) in [6.07, 6.45) is 0.975. The number of piperidine rings is 1. The third kappa shape index (κ3) is 1.78. The molecule has 1 heterocycles. The van der Waals surface area contributed by atoms with Gasteiger partial charge < -0.3 is 15.2 Å². The Morgan fingerprint density at radius 2 is 2.00 bits per heavy atom. The Morgan fingerprint density at radius 3 is 2.42 bits per heavy atom. The molecule has 0 radical (unpaired) electrons. The highest BCUT2D eigenvalue weighted by atomic mass is 16.4. The minimum absolute atomic E-state index is 0.161. The maximum Gasteiger partial charge on any atom is 0.0916 e. The lowest BCUT2D eigenvalue weighted by Crippen LogP contribution is -2.98. The van der Waals surface area contributed by atoms with Crippen molar-refractivity contribution in [2.45, 2.75) is 39.3 Å². The average Bonchev–Trinajstić information content (AvgIpc) is 1.82. The number of hydrogen-bond donors (Lipinski definition) is 1. The first-order valence-corrected chi connectivity index (χ1v) is 4.58. The Balaban J connectivity index is 2.66. The highest BCUT2D eigenvalue weighted by molar-refractivity contribution is 5.68. The quantitative estimate of drug-likeness (QED) is 0.535. The van der Waals surface area contributed by atoms with Crippen molar-refractivity contribution in [3.05, 3.63) is 0 Å². The van der Waals surface area contributed by atoms with Gasteiger partial charge in [-0.1, -0.05) is 6.92 Å². The van der Waals surface area contributed by atoms with E-state index in [1.807, 2.05) is 13.8 Å². The molecule has 1 aliphatic heterocycles. The number of nitrogens with two attached hydrogens (primary N) is 1. The molecule has 70 valence electrons. The van der Waals surface area contributed by atoms with Crippen LogP contribution in [-0.4, -0.2) is 18.1 Å². The summed E-state index contributed by atoms with van der Waals surface area (Å²) < 4.78 is 0. The van der Waals surface area contributed by atoms with E-state index in [1.54, 1.807) is 0 Å². The van der Waals surface area contributed by atoms with Crippen LogP contribution in [0.3, 0.4) is 0 Å². The van der Waals surface area contributed by atoms with Gasteiger partial charge in [0.15, 0.2) is 0 Å². The van der Waals surface area contributed by atoms with Gasteiger partial charge in [-0.15, -0.1) is 0 Å². The maximum absolute atomic E-state index is 10.8. The van der Waals surface area contributed by atoms with E-state index in [4.69, 9.17) is 0 Å². The zero-order chi connectivity index (χ0) is 9.30. The van der Waals surface area contributed by atoms with Crippen molar-refractivity contribution in [3.8, 4) is 0 Å². The van der Waals surface area contributed by atoms with Gasteiger partial charge in [0.05, 0.1) is 24.0 Å². The lowest BCUT2D eigenvalue weighted by atomic mass is 9.80. The zero-order valence-corrected chi connectivity index (χ0v) is 7.91. The van der Waals surface area contributed by atoms with Crippen LogP contribution < -0.4 is 10.4 Å². The Hall–Kier alpha value is -0.570. The predicted octanol–water partition coefficient (Wildman–Crippen LogP) is -1.27. The van der Waals surface area contributed by atoms with Gasteiger partial charge in [0.1, 0.15) is 0 Å². The first-order valence-electron chi connectivity index (χ1n) is 4.58. The van der Waals surface area contributed by atoms with Gasteiger partial charge in [-0.25, -0.2) is 0 Å². The first-order chi connectivity index (χ1) is 5.52. The molecular weight excluding hydrogens is 154 g/mol. The van der Waals surface area contributed by atoms with E-state index in [1.165, 1.54) is 0 Å². The number of carboxylic acid groups (broad SMARTS) is 1. The van der Waals surface area contributed by atoms with Gasteiger partial charge in [-0.3, -0.25) is 0 Å². The Kier molecular flexibility index (Phi) is 2.73. The van der Waals surface area contributed by atoms with Gasteiger partial charge in [0, 0.05) is 6.42 Å². The summed E-state index contributed by atoms with van der Waals surface area (Å²) in [5, 5.41) is 12.9. The predicted molar refractivity (Wildman–Crippen MR) is 43.1 cm³/mol. The fourth-order valence-electron chi connectivity index (χ4n) is 2.41. The molecule has 0 aromatic heterocycles. The number of carbonyl (C=O) groups excluding carboxylic acids is 1. The number of rotatable bonds is 1. The van der Waals surface area contributed by atoms with Crippen LogP contribution in [-0.2, 0) is 4.79 Å². The second-order valence-electron chi connectivity index (χ2n) is 4.09. The Morgan fingerprint density at radius 1 is 1.42 bits per heavy atom. The Labute approximate surface area is 73.2 Å². The number of aliphatic carboxylic acids is 1. The molecule has 3 nitrogen and oxygen atoms in total. The lowest BCUT2D eigenvalue weighted by molar-refractivity contribution is -0.732. The van der Waals surface area contributed by atoms with Crippen LogP contribution in [0, 0.1) is 11.8 Å². The van der Waals surface area contributed by atoms with Crippen LogP contribution in [0.4, 0.5) is 0 Å². The maximum atomic E-state index is 10.8. The summed E-state index contributed by atoms with van der Waals surface area (Å²) in [5.74, 6) is -0.913. The SMILES string of the molecule is CC1CC(C)C(C(=O)[O-])C(C)[NH2+]1. The molecule has 1 aliphatic rings. The van der Waals surface area contributed by atoms with Crippen molar-refractivity contribution < 1.29 is 15.2 Å². The van der Waals surface area contributed by atoms with Crippen molar-refractivity contribution >= 4 is 5.97 Å². The Bertz CT molecular complexity index is 169. The van der Waals surface area contributed by atoms with E-state index in [0.717, 1.165) is 6.42 Å². The second-order valence-corrected chi connectivity index (χ2v) is 4.09. The van der Waals surface area contributed by atoms with Crippen molar-refractivity contribution in [2.75, 3.05) is 0 Å². The monoisotopic (exact) mass is 171 g/mol. The van der Waals surface area contributed by atoms with Crippen LogP contribution in [0.1, 0.15) is 27.2 Å². The van der Waals surface area contributed by atoms with E-state index >= 15 is 0 Å². The molecule has 4 atom stereocenters. The summed E-state index contributed by atoms with van der Waals surface area (Å²) >= 11 is 0. The van der Waals surface area contributed by atoms with E-state index in [9.17, 15) is 9.90 Å². The van der Waals surface area contributed by atoms with Crippen molar-refractivity contribution in [1.29, 1.82) is 0 Å². The van der Waals surface area contributed by atoms with E-state index in [2.05, 4.69) is 12.2 Å². The molecule has 0 bridgehead atoms. The van der Waals surface area contributed by atoms with Crippen molar-refractivity contribution in [1.82, 2.24) is 0 Å². The van der Waals surface area contributed by atoms with Crippen LogP contribution in [0.5, 0.6) is 0 Å². The van der Waals surface area contributed by atoms with Gasteiger partial charge in [-0.2, -0.15) is 0 Å². The van der Waals surface area contributed by atoms with E-state index in [0.29, 0.717) is 6.04 Å². The lowest BCUT2D eigenvalue weighted by Gasteiger charge is -2.36. The van der Waals surface area contributed by atoms with Gasteiger partial charge >= 0.3 is 0 Å². The van der Waals surface area contributed by atoms with Gasteiger partial charge in [-0.05, 0) is 19.8 Å². The van der Waals surface area contributed by atoms with Gasteiger partial charge in [0.25, 0.3) is 0 Å². The molecule has 4 unspecified atom stereocenters. The molecule has 2 N–H and O–H groups in total. The van der Waals surface area contributed by atoms with Crippen LogP contribution in [0.25, 0.3) is 0 Å². The highest BCUT2D eigenvalue weighted by Crippen LogP contribution is 2.21. The first kappa shape index (κ1) is 9.52. The summed E-state index contributed by atoms with van der Waals surface area (Å²) in [6.45, 7) is 6.10. The second kappa shape index (κ2) is 3.44. The molecule has 1 rings (SSSR count). The average molecular weight is 171 g/mol. The van der Waals surface area contributed by atoms with Crippen LogP contribution in [0.2, 0.25) is 0 Å². The molecule has 0 amide bonds. The highest BCUT2D eigenvalue weighted by Gasteiger charge is 2.34. The zero-order valence-electron chi connectivity index (χ0n) is 7.91.